The first-order valence-electron chi connectivity index (χ1n) is 14.3. The average Bonchev–Trinajstić information content (AvgIpc) is 3.75. The highest BCUT2D eigenvalue weighted by Gasteiger charge is 2.34. The van der Waals surface area contributed by atoms with Crippen LogP contribution in [0.1, 0.15) is 33.4 Å². The SMILES string of the molecule is c1ccc(-c2cc3c4c5c2Cc2ccc6c(c25)c2c(cc(-c5ccc7sc8ccccc8c7c5)c(c24)C3)C6)cc1. The van der Waals surface area contributed by atoms with Crippen molar-refractivity contribution >= 4 is 63.8 Å². The third kappa shape index (κ3) is 2.29. The predicted octanol–water partition coefficient (Wildman–Crippen LogP) is 10.6. The Labute approximate surface area is 235 Å². The van der Waals surface area contributed by atoms with Crippen molar-refractivity contribution in [2.24, 2.45) is 0 Å². The summed E-state index contributed by atoms with van der Waals surface area (Å²) in [6.45, 7) is 0. The minimum Gasteiger partial charge on any atom is -0.135 e. The first-order chi connectivity index (χ1) is 19.8. The Morgan fingerprint density at radius 2 is 1.00 bits per heavy atom. The first kappa shape index (κ1) is 20.4. The Bertz CT molecular complexity index is 2490. The maximum atomic E-state index is 2.56. The largest absolute Gasteiger partial charge is 0.135 e. The van der Waals surface area contributed by atoms with E-state index in [4.69, 9.17) is 0 Å². The van der Waals surface area contributed by atoms with Crippen LogP contribution >= 0.6 is 11.3 Å². The number of rotatable bonds is 2. The summed E-state index contributed by atoms with van der Waals surface area (Å²) in [5.41, 5.74) is 14.7. The number of thiophene rings is 1. The Kier molecular flexibility index (Phi) is 3.48. The summed E-state index contributed by atoms with van der Waals surface area (Å²) in [6.07, 6.45) is 3.11. The molecular weight excluding hydrogens is 500 g/mol. The number of benzene rings is 7. The topological polar surface area (TPSA) is 0 Å². The Morgan fingerprint density at radius 3 is 1.85 bits per heavy atom. The maximum Gasteiger partial charge on any atom is 0.0355 e. The lowest BCUT2D eigenvalue weighted by molar-refractivity contribution is 1.24. The molecule has 0 fully saturated rings. The molecule has 0 aliphatic heterocycles. The third-order valence-electron chi connectivity index (χ3n) is 10.0. The lowest BCUT2D eigenvalue weighted by Gasteiger charge is -2.14. The van der Waals surface area contributed by atoms with Gasteiger partial charge >= 0.3 is 0 Å². The fourth-order valence-electron chi connectivity index (χ4n) is 8.50. The van der Waals surface area contributed by atoms with Crippen molar-refractivity contribution in [3.8, 4) is 22.3 Å². The normalized spacial score (nSPS) is 14.2. The fourth-order valence-corrected chi connectivity index (χ4v) is 9.58. The molecule has 1 aromatic heterocycles. The molecule has 0 unspecified atom stereocenters. The van der Waals surface area contributed by atoms with Gasteiger partial charge in [0.25, 0.3) is 0 Å². The van der Waals surface area contributed by atoms with Crippen LogP contribution in [0.25, 0.3) is 74.7 Å². The van der Waals surface area contributed by atoms with Crippen LogP contribution in [0.3, 0.4) is 0 Å². The van der Waals surface area contributed by atoms with Gasteiger partial charge in [0.1, 0.15) is 0 Å². The zero-order valence-electron chi connectivity index (χ0n) is 21.8. The second-order valence-electron chi connectivity index (χ2n) is 12.0. The molecule has 0 saturated carbocycles. The Hall–Kier alpha value is -4.46. The van der Waals surface area contributed by atoms with E-state index in [2.05, 4.69) is 97.1 Å². The molecule has 3 aliphatic carbocycles. The highest BCUT2D eigenvalue weighted by Crippen LogP contribution is 2.56. The van der Waals surface area contributed by atoms with Gasteiger partial charge in [-0.3, -0.25) is 0 Å². The molecule has 8 aromatic rings. The third-order valence-corrected chi connectivity index (χ3v) is 11.2. The van der Waals surface area contributed by atoms with Crippen molar-refractivity contribution in [2.75, 3.05) is 0 Å². The summed E-state index contributed by atoms with van der Waals surface area (Å²) in [7, 11) is 0. The summed E-state index contributed by atoms with van der Waals surface area (Å²) in [5.74, 6) is 0. The summed E-state index contributed by atoms with van der Waals surface area (Å²) in [6, 6.07) is 37.1. The highest BCUT2D eigenvalue weighted by molar-refractivity contribution is 7.25. The van der Waals surface area contributed by atoms with E-state index in [1.165, 1.54) is 75.8 Å². The van der Waals surface area contributed by atoms with E-state index in [-0.39, 0.29) is 0 Å². The second kappa shape index (κ2) is 6.81. The van der Waals surface area contributed by atoms with E-state index in [1.807, 2.05) is 11.3 Å². The molecule has 0 atom stereocenters. The van der Waals surface area contributed by atoms with E-state index < -0.39 is 0 Å². The smallest absolute Gasteiger partial charge is 0.0355 e. The van der Waals surface area contributed by atoms with Crippen LogP contribution in [0, 0.1) is 0 Å². The Morgan fingerprint density at radius 1 is 0.400 bits per heavy atom. The molecule has 40 heavy (non-hydrogen) atoms. The van der Waals surface area contributed by atoms with Gasteiger partial charge in [-0.15, -0.1) is 11.3 Å². The van der Waals surface area contributed by atoms with E-state index >= 15 is 0 Å². The van der Waals surface area contributed by atoms with Gasteiger partial charge in [0, 0.05) is 20.2 Å². The monoisotopic (exact) mass is 522 g/mol. The molecule has 7 aromatic carbocycles. The first-order valence-corrected chi connectivity index (χ1v) is 15.1. The van der Waals surface area contributed by atoms with Gasteiger partial charge in [0.05, 0.1) is 0 Å². The van der Waals surface area contributed by atoms with Crippen molar-refractivity contribution in [1.82, 2.24) is 0 Å². The van der Waals surface area contributed by atoms with Crippen LogP contribution in [0.4, 0.5) is 0 Å². The molecule has 11 rings (SSSR count). The fraction of sp³-hybridized carbons (Fsp3) is 0.0769. The van der Waals surface area contributed by atoms with Crippen LogP contribution < -0.4 is 0 Å². The van der Waals surface area contributed by atoms with Crippen molar-refractivity contribution in [3.05, 3.63) is 130 Å². The van der Waals surface area contributed by atoms with Gasteiger partial charge in [0.15, 0.2) is 0 Å². The number of hydrogen-bond donors (Lipinski definition) is 0. The summed E-state index contributed by atoms with van der Waals surface area (Å²) < 4.78 is 2.75. The van der Waals surface area contributed by atoms with Gasteiger partial charge in [-0.2, -0.15) is 0 Å². The van der Waals surface area contributed by atoms with Crippen LogP contribution in [-0.2, 0) is 19.3 Å². The van der Waals surface area contributed by atoms with Crippen LogP contribution in [0.2, 0.25) is 0 Å². The molecule has 3 aliphatic rings. The minimum atomic E-state index is 1.02. The molecule has 1 heterocycles. The predicted molar refractivity (Wildman–Crippen MR) is 171 cm³/mol. The Balaban J connectivity index is 1.28. The average molecular weight is 523 g/mol. The molecule has 0 radical (unpaired) electrons. The molecule has 184 valence electrons. The zero-order chi connectivity index (χ0) is 25.7. The maximum absolute atomic E-state index is 2.56. The van der Waals surface area contributed by atoms with Gasteiger partial charge in [-0.25, -0.2) is 0 Å². The van der Waals surface area contributed by atoms with Crippen molar-refractivity contribution < 1.29 is 0 Å². The standard InChI is InChI=1S/C39H22S/c1-2-6-20(7-3-1)27-18-25-19-31-28(21-12-13-33-29(15-21)26-8-4-5-9-32(26)40-33)17-24-14-22-10-11-23-16-30(27)38-35(23)34(22)36(24)39(31)37(25)38/h1-13,15,17-18H,14,16,19H2. The van der Waals surface area contributed by atoms with Crippen molar-refractivity contribution in [2.45, 2.75) is 19.3 Å². The zero-order valence-corrected chi connectivity index (χ0v) is 22.6. The summed E-state index contributed by atoms with van der Waals surface area (Å²) in [5, 5.41) is 12.1. The highest BCUT2D eigenvalue weighted by atomic mass is 32.1. The summed E-state index contributed by atoms with van der Waals surface area (Å²) in [4.78, 5) is 0. The van der Waals surface area contributed by atoms with E-state index in [1.54, 1.807) is 32.3 Å². The van der Waals surface area contributed by atoms with E-state index in [0.717, 1.165) is 19.3 Å². The second-order valence-corrected chi connectivity index (χ2v) is 13.0. The summed E-state index contributed by atoms with van der Waals surface area (Å²) >= 11 is 1.91. The molecular formula is C39H22S. The molecule has 1 heteroatoms. The number of hydrogen-bond acceptors (Lipinski definition) is 1. The minimum absolute atomic E-state index is 1.02. The molecule has 0 nitrogen and oxygen atoms in total. The quantitative estimate of drug-likeness (QED) is 0.198. The molecule has 0 N–H and O–H groups in total. The molecule has 0 bridgehead atoms. The lowest BCUT2D eigenvalue weighted by Crippen LogP contribution is -1.92. The number of fused-ring (bicyclic) bond motifs is 3. The van der Waals surface area contributed by atoms with Gasteiger partial charge in [-0.1, -0.05) is 66.7 Å². The molecule has 0 amide bonds. The molecule has 0 spiro atoms. The van der Waals surface area contributed by atoms with Crippen molar-refractivity contribution in [1.29, 1.82) is 0 Å². The van der Waals surface area contributed by atoms with Crippen molar-refractivity contribution in [3.63, 3.8) is 0 Å². The van der Waals surface area contributed by atoms with E-state index in [9.17, 15) is 0 Å². The molecule has 0 saturated heterocycles. The van der Waals surface area contributed by atoms with Gasteiger partial charge in [0.2, 0.25) is 0 Å². The lowest BCUT2D eigenvalue weighted by atomic mass is 9.89. The van der Waals surface area contributed by atoms with Crippen LogP contribution in [0.5, 0.6) is 0 Å². The van der Waals surface area contributed by atoms with Crippen LogP contribution in [-0.4, -0.2) is 0 Å². The van der Waals surface area contributed by atoms with Gasteiger partial charge in [-0.05, 0) is 138 Å². The van der Waals surface area contributed by atoms with E-state index in [0.29, 0.717) is 0 Å². The van der Waals surface area contributed by atoms with Gasteiger partial charge < -0.3 is 0 Å². The van der Waals surface area contributed by atoms with Crippen LogP contribution in [0.15, 0.2) is 97.1 Å².